The van der Waals surface area contributed by atoms with Crippen molar-refractivity contribution in [2.75, 3.05) is 11.9 Å². The normalized spacial score (nSPS) is 17.4. The minimum absolute atomic E-state index is 0.0340. The fourth-order valence-corrected chi connectivity index (χ4v) is 1.64. The highest BCUT2D eigenvalue weighted by molar-refractivity contribution is 5.38. The van der Waals surface area contributed by atoms with E-state index in [-0.39, 0.29) is 24.7 Å². The van der Waals surface area contributed by atoms with Gasteiger partial charge in [0, 0.05) is 11.8 Å². The van der Waals surface area contributed by atoms with Gasteiger partial charge in [0.15, 0.2) is 0 Å². The number of aromatic nitrogens is 2. The third-order valence-electron chi connectivity index (χ3n) is 2.77. The number of anilines is 1. The molecule has 0 amide bonds. The standard InChI is InChI=1S/C11H14F3N3O/c1-3-18-8-6-7(2)15-9(16-8)17-10(4-5-10)11(12,13)14/h6H,3-5H2,1-2H3,(H,15,16,17). The quantitative estimate of drug-likeness (QED) is 0.905. The summed E-state index contributed by atoms with van der Waals surface area (Å²) in [7, 11) is 0. The Balaban J connectivity index is 2.19. The predicted octanol–water partition coefficient (Wildman–Crippen LogP) is 2.69. The number of ether oxygens (including phenoxy) is 1. The Bertz CT molecular complexity index is 444. The van der Waals surface area contributed by atoms with Crippen molar-refractivity contribution in [3.63, 3.8) is 0 Å². The molecule has 1 N–H and O–H groups in total. The lowest BCUT2D eigenvalue weighted by Crippen LogP contribution is -2.39. The minimum Gasteiger partial charge on any atom is -0.478 e. The number of aryl methyl sites for hydroxylation is 1. The number of rotatable bonds is 4. The summed E-state index contributed by atoms with van der Waals surface area (Å²) in [4.78, 5) is 7.87. The van der Waals surface area contributed by atoms with Gasteiger partial charge in [-0.3, -0.25) is 0 Å². The Labute approximate surface area is 103 Å². The van der Waals surface area contributed by atoms with Crippen LogP contribution in [0.1, 0.15) is 25.5 Å². The lowest BCUT2D eigenvalue weighted by Gasteiger charge is -2.20. The maximum absolute atomic E-state index is 12.8. The van der Waals surface area contributed by atoms with Crippen LogP contribution in [0.4, 0.5) is 19.1 Å². The van der Waals surface area contributed by atoms with E-state index in [2.05, 4.69) is 15.3 Å². The van der Waals surface area contributed by atoms with Crippen LogP contribution in [-0.2, 0) is 0 Å². The van der Waals surface area contributed by atoms with Gasteiger partial charge in [-0.15, -0.1) is 0 Å². The summed E-state index contributed by atoms with van der Waals surface area (Å²) in [6, 6.07) is 1.59. The van der Waals surface area contributed by atoms with Gasteiger partial charge in [0.25, 0.3) is 0 Å². The summed E-state index contributed by atoms with van der Waals surface area (Å²) in [6.45, 7) is 3.87. The number of nitrogens with one attached hydrogen (secondary N) is 1. The largest absolute Gasteiger partial charge is 0.478 e. The molecule has 7 heteroatoms. The third kappa shape index (κ3) is 2.49. The van der Waals surface area contributed by atoms with Crippen molar-refractivity contribution in [3.05, 3.63) is 11.8 Å². The molecule has 0 saturated heterocycles. The SMILES string of the molecule is CCOc1cc(C)nc(NC2(C(F)(F)F)CC2)n1. The molecule has 0 unspecified atom stereocenters. The van der Waals surface area contributed by atoms with Gasteiger partial charge in [0.2, 0.25) is 11.8 Å². The van der Waals surface area contributed by atoms with Crippen molar-refractivity contribution in [2.45, 2.75) is 38.4 Å². The Morgan fingerprint density at radius 2 is 2.06 bits per heavy atom. The Morgan fingerprint density at radius 3 is 2.56 bits per heavy atom. The Hall–Kier alpha value is -1.53. The first kappa shape index (κ1) is 12.9. The number of hydrogen-bond donors (Lipinski definition) is 1. The molecular weight excluding hydrogens is 247 g/mol. The van der Waals surface area contributed by atoms with E-state index in [0.717, 1.165) is 0 Å². The number of halogens is 3. The van der Waals surface area contributed by atoms with Crippen LogP contribution in [0.2, 0.25) is 0 Å². The van der Waals surface area contributed by atoms with Gasteiger partial charge < -0.3 is 10.1 Å². The van der Waals surface area contributed by atoms with Gasteiger partial charge >= 0.3 is 6.18 Å². The molecule has 0 aromatic carbocycles. The number of hydrogen-bond acceptors (Lipinski definition) is 4. The zero-order valence-corrected chi connectivity index (χ0v) is 10.1. The van der Waals surface area contributed by atoms with Crippen LogP contribution < -0.4 is 10.1 Å². The smallest absolute Gasteiger partial charge is 0.411 e. The zero-order valence-electron chi connectivity index (χ0n) is 10.1. The van der Waals surface area contributed by atoms with E-state index < -0.39 is 11.7 Å². The first-order valence-corrected chi connectivity index (χ1v) is 5.70. The second-order valence-corrected chi connectivity index (χ2v) is 4.31. The van der Waals surface area contributed by atoms with Crippen LogP contribution in [-0.4, -0.2) is 28.3 Å². The monoisotopic (exact) mass is 261 g/mol. The first-order valence-electron chi connectivity index (χ1n) is 5.70. The molecule has 1 saturated carbocycles. The van der Waals surface area contributed by atoms with Crippen LogP contribution in [0.25, 0.3) is 0 Å². The van der Waals surface area contributed by atoms with E-state index in [1.54, 1.807) is 19.9 Å². The third-order valence-corrected chi connectivity index (χ3v) is 2.77. The molecule has 18 heavy (non-hydrogen) atoms. The van der Waals surface area contributed by atoms with Gasteiger partial charge in [-0.25, -0.2) is 4.98 Å². The van der Waals surface area contributed by atoms with Crippen molar-refractivity contribution < 1.29 is 17.9 Å². The van der Waals surface area contributed by atoms with Gasteiger partial charge in [0.05, 0.1) is 6.61 Å². The lowest BCUT2D eigenvalue weighted by molar-refractivity contribution is -0.151. The molecular formula is C11H14F3N3O. The van der Waals surface area contributed by atoms with E-state index in [1.165, 1.54) is 0 Å². The van der Waals surface area contributed by atoms with Crippen LogP contribution in [0, 0.1) is 6.92 Å². The van der Waals surface area contributed by atoms with Gasteiger partial charge in [0.1, 0.15) is 5.54 Å². The molecule has 1 aromatic rings. The van der Waals surface area contributed by atoms with Gasteiger partial charge in [-0.1, -0.05) is 0 Å². The van der Waals surface area contributed by atoms with Crippen molar-refractivity contribution >= 4 is 5.95 Å². The summed E-state index contributed by atoms with van der Waals surface area (Å²) in [5, 5.41) is 2.38. The van der Waals surface area contributed by atoms with Crippen molar-refractivity contribution in [1.29, 1.82) is 0 Å². The Morgan fingerprint density at radius 1 is 1.39 bits per heavy atom. The topological polar surface area (TPSA) is 47.0 Å². The molecule has 1 heterocycles. The molecule has 0 aliphatic heterocycles. The van der Waals surface area contributed by atoms with E-state index in [9.17, 15) is 13.2 Å². The maximum Gasteiger partial charge on any atom is 0.411 e. The molecule has 4 nitrogen and oxygen atoms in total. The fourth-order valence-electron chi connectivity index (χ4n) is 1.64. The minimum atomic E-state index is -4.29. The molecule has 0 bridgehead atoms. The van der Waals surface area contributed by atoms with Gasteiger partial charge in [-0.05, 0) is 26.7 Å². The first-order chi connectivity index (χ1) is 8.36. The van der Waals surface area contributed by atoms with Crippen LogP contribution in [0.15, 0.2) is 6.07 Å². The van der Waals surface area contributed by atoms with E-state index in [0.29, 0.717) is 12.3 Å². The molecule has 100 valence electrons. The second-order valence-electron chi connectivity index (χ2n) is 4.31. The molecule has 1 aromatic heterocycles. The molecule has 1 fully saturated rings. The summed E-state index contributed by atoms with van der Waals surface area (Å²) in [5.41, 5.74) is -1.29. The van der Waals surface area contributed by atoms with E-state index in [1.807, 2.05) is 0 Å². The van der Waals surface area contributed by atoms with Crippen molar-refractivity contribution in [3.8, 4) is 5.88 Å². The highest BCUT2D eigenvalue weighted by Gasteiger charge is 2.64. The fraction of sp³-hybridized carbons (Fsp3) is 0.636. The van der Waals surface area contributed by atoms with E-state index in [4.69, 9.17) is 4.74 Å². The zero-order chi connectivity index (χ0) is 13.4. The summed E-state index contributed by atoms with van der Waals surface area (Å²) >= 11 is 0. The highest BCUT2D eigenvalue weighted by Crippen LogP contribution is 2.50. The maximum atomic E-state index is 12.8. The molecule has 1 aliphatic carbocycles. The number of alkyl halides is 3. The van der Waals surface area contributed by atoms with Crippen LogP contribution >= 0.6 is 0 Å². The Kier molecular flexibility index (Phi) is 3.08. The van der Waals surface area contributed by atoms with Crippen molar-refractivity contribution in [2.24, 2.45) is 0 Å². The summed E-state index contributed by atoms with van der Waals surface area (Å²) < 4.78 is 43.5. The van der Waals surface area contributed by atoms with E-state index >= 15 is 0 Å². The highest BCUT2D eigenvalue weighted by atomic mass is 19.4. The summed E-state index contributed by atoms with van der Waals surface area (Å²) in [5.74, 6) is 0.249. The number of nitrogens with zero attached hydrogens (tertiary/aromatic N) is 2. The molecule has 2 rings (SSSR count). The second kappa shape index (κ2) is 4.29. The lowest BCUT2D eigenvalue weighted by atomic mass is 10.2. The summed E-state index contributed by atoms with van der Waals surface area (Å²) in [6.07, 6.45) is -4.18. The van der Waals surface area contributed by atoms with Crippen LogP contribution in [0.3, 0.4) is 0 Å². The molecule has 0 atom stereocenters. The predicted molar refractivity (Wildman–Crippen MR) is 59.6 cm³/mol. The molecule has 1 aliphatic rings. The van der Waals surface area contributed by atoms with Crippen LogP contribution in [0.5, 0.6) is 5.88 Å². The van der Waals surface area contributed by atoms with Gasteiger partial charge in [-0.2, -0.15) is 18.2 Å². The van der Waals surface area contributed by atoms with Crippen molar-refractivity contribution in [1.82, 2.24) is 9.97 Å². The average molecular weight is 261 g/mol. The molecule has 0 radical (unpaired) electrons. The molecule has 0 spiro atoms. The average Bonchev–Trinajstić information content (AvgIpc) is 2.97.